The highest BCUT2D eigenvalue weighted by Crippen LogP contribution is 2.24. The first kappa shape index (κ1) is 16.2. The molecule has 0 spiro atoms. The molecule has 0 saturated heterocycles. The van der Waals surface area contributed by atoms with Crippen molar-refractivity contribution in [3.63, 3.8) is 0 Å². The van der Waals surface area contributed by atoms with Gasteiger partial charge in [-0.3, -0.25) is 0 Å². The van der Waals surface area contributed by atoms with E-state index >= 15 is 0 Å². The van der Waals surface area contributed by atoms with Crippen LogP contribution in [-0.2, 0) is 14.3 Å². The second kappa shape index (κ2) is 5.68. The van der Waals surface area contributed by atoms with Crippen molar-refractivity contribution >= 4 is 5.97 Å². The molecule has 2 atom stereocenters. The largest absolute Gasteiger partial charge is 0.458 e. The van der Waals surface area contributed by atoms with Gasteiger partial charge in [0.1, 0.15) is 11.6 Å². The van der Waals surface area contributed by atoms with Gasteiger partial charge in [0.25, 0.3) is 0 Å². The molecule has 2 N–H and O–H groups in total. The number of hydrogen-bond donors (Lipinski definition) is 1. The van der Waals surface area contributed by atoms with Gasteiger partial charge >= 0.3 is 12.1 Å². The van der Waals surface area contributed by atoms with E-state index < -0.39 is 29.9 Å². The fourth-order valence-corrected chi connectivity index (χ4v) is 1.03. The predicted molar refractivity (Wildman–Crippen MR) is 55.3 cm³/mol. The van der Waals surface area contributed by atoms with Gasteiger partial charge in [-0.05, 0) is 27.7 Å². The van der Waals surface area contributed by atoms with Crippen molar-refractivity contribution in [2.45, 2.75) is 51.6 Å². The van der Waals surface area contributed by atoms with Gasteiger partial charge in [-0.2, -0.15) is 13.2 Å². The predicted octanol–water partition coefficient (Wildman–Crippen LogP) is 1.62. The fraction of sp³-hybridized carbons (Fsp3) is 0.900. The second-order valence-corrected chi connectivity index (χ2v) is 4.48. The van der Waals surface area contributed by atoms with Gasteiger partial charge in [0.05, 0.1) is 0 Å². The zero-order valence-corrected chi connectivity index (χ0v) is 10.3. The Hall–Kier alpha value is -0.820. The molecule has 0 heterocycles. The molecule has 0 saturated carbocycles. The molecule has 0 bridgehead atoms. The van der Waals surface area contributed by atoms with Crippen molar-refractivity contribution in [1.82, 2.24) is 0 Å². The molecule has 0 aliphatic carbocycles. The van der Waals surface area contributed by atoms with E-state index in [0.717, 1.165) is 0 Å². The van der Waals surface area contributed by atoms with E-state index in [1.165, 1.54) is 6.92 Å². The lowest BCUT2D eigenvalue weighted by molar-refractivity contribution is -0.198. The van der Waals surface area contributed by atoms with E-state index in [1.54, 1.807) is 20.8 Å². The summed E-state index contributed by atoms with van der Waals surface area (Å²) in [5, 5.41) is 0. The lowest BCUT2D eigenvalue weighted by Crippen LogP contribution is -2.53. The summed E-state index contributed by atoms with van der Waals surface area (Å²) in [5.41, 5.74) is 4.06. The minimum atomic E-state index is -4.71. The Labute approximate surface area is 98.2 Å². The Bertz CT molecular complexity index is 261. The molecular formula is C10H18F3NO3. The molecule has 102 valence electrons. The maximum absolute atomic E-state index is 12.4. The minimum absolute atomic E-state index is 0.0618. The van der Waals surface area contributed by atoms with Crippen molar-refractivity contribution in [1.29, 1.82) is 0 Å². The van der Waals surface area contributed by atoms with E-state index in [1.807, 2.05) is 0 Å². The standard InChI is InChI=1S/C10H18F3NO3/c1-5-16-6(7(14)10(11,12)13)8(15)17-9(2,3)4/h6-7H,5,14H2,1-4H3/t6-,7-/m1/s1. The average Bonchev–Trinajstić information content (AvgIpc) is 2.08. The quantitative estimate of drug-likeness (QED) is 0.777. The summed E-state index contributed by atoms with van der Waals surface area (Å²) < 4.78 is 46.8. The summed E-state index contributed by atoms with van der Waals surface area (Å²) in [7, 11) is 0. The first-order chi connectivity index (χ1) is 7.49. The molecule has 0 radical (unpaired) electrons. The van der Waals surface area contributed by atoms with E-state index in [-0.39, 0.29) is 6.61 Å². The third-order valence-corrected chi connectivity index (χ3v) is 1.69. The van der Waals surface area contributed by atoms with Crippen LogP contribution in [0, 0.1) is 0 Å². The average molecular weight is 257 g/mol. The van der Waals surface area contributed by atoms with E-state index in [0.29, 0.717) is 0 Å². The van der Waals surface area contributed by atoms with Crippen LogP contribution in [0.5, 0.6) is 0 Å². The van der Waals surface area contributed by atoms with Crippen LogP contribution < -0.4 is 5.73 Å². The van der Waals surface area contributed by atoms with Crippen LogP contribution >= 0.6 is 0 Å². The molecule has 0 amide bonds. The van der Waals surface area contributed by atoms with E-state index in [9.17, 15) is 18.0 Å². The van der Waals surface area contributed by atoms with Crippen molar-refractivity contribution in [2.24, 2.45) is 5.73 Å². The minimum Gasteiger partial charge on any atom is -0.458 e. The van der Waals surface area contributed by atoms with Crippen LogP contribution in [0.3, 0.4) is 0 Å². The van der Waals surface area contributed by atoms with Crippen LogP contribution in [0.1, 0.15) is 27.7 Å². The summed E-state index contributed by atoms with van der Waals surface area (Å²) in [6, 6.07) is -2.39. The van der Waals surface area contributed by atoms with E-state index in [4.69, 9.17) is 15.2 Å². The Morgan fingerprint density at radius 3 is 2.06 bits per heavy atom. The third kappa shape index (κ3) is 5.88. The topological polar surface area (TPSA) is 61.5 Å². The second-order valence-electron chi connectivity index (χ2n) is 4.48. The van der Waals surface area contributed by atoms with Crippen molar-refractivity contribution in [3.8, 4) is 0 Å². The maximum atomic E-state index is 12.4. The zero-order valence-electron chi connectivity index (χ0n) is 10.3. The van der Waals surface area contributed by atoms with Crippen molar-refractivity contribution < 1.29 is 27.4 Å². The highest BCUT2D eigenvalue weighted by atomic mass is 19.4. The Kier molecular flexibility index (Phi) is 5.41. The molecule has 0 fully saturated rings. The first-order valence-corrected chi connectivity index (χ1v) is 5.15. The maximum Gasteiger partial charge on any atom is 0.406 e. The van der Waals surface area contributed by atoms with Gasteiger partial charge in [-0.15, -0.1) is 0 Å². The Morgan fingerprint density at radius 2 is 1.76 bits per heavy atom. The lowest BCUT2D eigenvalue weighted by Gasteiger charge is -2.27. The normalized spacial score (nSPS) is 16.5. The smallest absolute Gasteiger partial charge is 0.406 e. The van der Waals surface area contributed by atoms with Crippen LogP contribution in [0.4, 0.5) is 13.2 Å². The number of halogens is 3. The molecule has 0 aromatic carbocycles. The number of nitrogens with two attached hydrogens (primary N) is 1. The molecule has 4 nitrogen and oxygen atoms in total. The van der Waals surface area contributed by atoms with Crippen molar-refractivity contribution in [2.75, 3.05) is 6.61 Å². The monoisotopic (exact) mass is 257 g/mol. The highest BCUT2D eigenvalue weighted by Gasteiger charge is 2.47. The first-order valence-electron chi connectivity index (χ1n) is 5.15. The van der Waals surface area contributed by atoms with Crippen LogP contribution in [-0.4, -0.2) is 36.5 Å². The number of carbonyl (C=O) groups excluding carboxylic acids is 1. The summed E-state index contributed by atoms with van der Waals surface area (Å²) in [4.78, 5) is 11.5. The molecule has 0 aromatic rings. The van der Waals surface area contributed by atoms with Crippen LogP contribution in [0.2, 0.25) is 0 Å². The molecule has 0 aliphatic rings. The van der Waals surface area contributed by atoms with Gasteiger partial charge in [0.15, 0.2) is 6.10 Å². The highest BCUT2D eigenvalue weighted by molar-refractivity contribution is 5.76. The van der Waals surface area contributed by atoms with Gasteiger partial charge in [-0.25, -0.2) is 4.79 Å². The number of hydrogen-bond acceptors (Lipinski definition) is 4. The van der Waals surface area contributed by atoms with E-state index in [2.05, 4.69) is 0 Å². The molecular weight excluding hydrogens is 239 g/mol. The molecule has 0 aliphatic heterocycles. The summed E-state index contributed by atoms with van der Waals surface area (Å²) in [6.07, 6.45) is -6.55. The van der Waals surface area contributed by atoms with Gasteiger partial charge in [-0.1, -0.05) is 0 Å². The molecule has 17 heavy (non-hydrogen) atoms. The molecule has 0 rings (SSSR count). The van der Waals surface area contributed by atoms with Crippen molar-refractivity contribution in [3.05, 3.63) is 0 Å². The summed E-state index contributed by atoms with van der Waals surface area (Å²) in [5.74, 6) is -1.11. The molecule has 7 heteroatoms. The third-order valence-electron chi connectivity index (χ3n) is 1.69. The van der Waals surface area contributed by atoms with Crippen LogP contribution in [0.25, 0.3) is 0 Å². The lowest BCUT2D eigenvalue weighted by atomic mass is 10.1. The van der Waals surface area contributed by atoms with Gasteiger partial charge in [0, 0.05) is 6.61 Å². The molecule has 0 aromatic heterocycles. The number of rotatable bonds is 4. The number of ether oxygens (including phenoxy) is 2. The Balaban J connectivity index is 4.80. The number of esters is 1. The Morgan fingerprint density at radius 1 is 1.29 bits per heavy atom. The van der Waals surface area contributed by atoms with Gasteiger partial charge < -0.3 is 15.2 Å². The SMILES string of the molecule is CCO[C@@H](C(=O)OC(C)(C)C)[C@@H](N)C(F)(F)F. The zero-order chi connectivity index (χ0) is 13.9. The molecule has 0 unspecified atom stereocenters. The fourth-order valence-electron chi connectivity index (χ4n) is 1.03. The number of alkyl halides is 3. The van der Waals surface area contributed by atoms with Gasteiger partial charge in [0.2, 0.25) is 0 Å². The summed E-state index contributed by atoms with van der Waals surface area (Å²) in [6.45, 7) is 6.06. The summed E-state index contributed by atoms with van der Waals surface area (Å²) >= 11 is 0. The van der Waals surface area contributed by atoms with Crippen LogP contribution in [0.15, 0.2) is 0 Å². The number of carbonyl (C=O) groups is 1.